The minimum absolute atomic E-state index is 0.473. The normalized spacial score (nSPS) is 14.8. The van der Waals surface area contributed by atoms with Gasteiger partial charge in [-0.2, -0.15) is 0 Å². The molecule has 1 aliphatic heterocycles. The van der Waals surface area contributed by atoms with Crippen molar-refractivity contribution in [2.75, 3.05) is 44.7 Å². The van der Waals surface area contributed by atoms with Gasteiger partial charge in [0.2, 0.25) is 0 Å². The molecule has 1 aromatic carbocycles. The van der Waals surface area contributed by atoms with Crippen LogP contribution in [0.15, 0.2) is 18.2 Å². The van der Waals surface area contributed by atoms with E-state index in [4.69, 9.17) is 29.2 Å². The van der Waals surface area contributed by atoms with Crippen LogP contribution in [0.5, 0.6) is 0 Å². The molecule has 0 bridgehead atoms. The molecular formula is C16H25N5OS2. The molecule has 2 rings (SSSR count). The second kappa shape index (κ2) is 9.73. The summed E-state index contributed by atoms with van der Waals surface area (Å²) in [6.07, 6.45) is 0. The van der Waals surface area contributed by atoms with Gasteiger partial charge in [0.25, 0.3) is 0 Å². The van der Waals surface area contributed by atoms with Crippen molar-refractivity contribution in [1.82, 2.24) is 21.1 Å². The summed E-state index contributed by atoms with van der Waals surface area (Å²) in [6, 6.07) is 6.19. The van der Waals surface area contributed by atoms with Crippen LogP contribution >= 0.6 is 24.4 Å². The maximum Gasteiger partial charge on any atom is 0.189 e. The molecule has 0 saturated carbocycles. The van der Waals surface area contributed by atoms with E-state index in [1.165, 1.54) is 5.56 Å². The number of nitrogens with one attached hydrogen (secondary N) is 4. The first-order chi connectivity index (χ1) is 11.5. The molecule has 0 amide bonds. The number of hydrazine groups is 1. The number of thiocarbonyl (C=S) groups is 2. The summed E-state index contributed by atoms with van der Waals surface area (Å²) in [4.78, 5) is 2.35. The molecule has 6 nitrogen and oxygen atoms in total. The van der Waals surface area contributed by atoms with Crippen molar-refractivity contribution in [2.45, 2.75) is 13.8 Å². The van der Waals surface area contributed by atoms with Gasteiger partial charge in [0.05, 0.1) is 13.2 Å². The van der Waals surface area contributed by atoms with E-state index in [1.807, 2.05) is 13.8 Å². The SMILES string of the molecule is Cc1ccc(C)c(NC(=S)NNC(=S)NCCN2CCOCC2)c1. The van der Waals surface area contributed by atoms with Gasteiger partial charge in [-0.25, -0.2) is 0 Å². The van der Waals surface area contributed by atoms with Crippen molar-refractivity contribution in [1.29, 1.82) is 0 Å². The fraction of sp³-hybridized carbons (Fsp3) is 0.500. The second-order valence-corrected chi connectivity index (χ2v) is 6.55. The van der Waals surface area contributed by atoms with E-state index in [2.05, 4.69) is 44.6 Å². The molecule has 0 atom stereocenters. The zero-order valence-corrected chi connectivity index (χ0v) is 15.8. The lowest BCUT2D eigenvalue weighted by Crippen LogP contribution is -2.50. The summed E-state index contributed by atoms with van der Waals surface area (Å²) >= 11 is 10.5. The molecule has 1 saturated heterocycles. The maximum atomic E-state index is 5.33. The first kappa shape index (κ1) is 18.9. The van der Waals surface area contributed by atoms with Crippen LogP contribution in [0, 0.1) is 13.8 Å². The van der Waals surface area contributed by atoms with Crippen molar-refractivity contribution >= 4 is 40.3 Å². The maximum absolute atomic E-state index is 5.33. The highest BCUT2D eigenvalue weighted by atomic mass is 32.1. The smallest absolute Gasteiger partial charge is 0.189 e. The molecule has 0 unspecified atom stereocenters. The highest BCUT2D eigenvalue weighted by Gasteiger charge is 2.09. The van der Waals surface area contributed by atoms with E-state index in [1.54, 1.807) is 0 Å². The standard InChI is InChI=1S/C16H25N5OS2/c1-12-3-4-13(2)14(11-12)18-16(24)20-19-15(23)17-5-6-21-7-9-22-10-8-21/h3-4,11H,5-10H2,1-2H3,(H2,17,19,23)(H2,18,20,24). The minimum atomic E-state index is 0.473. The van der Waals surface area contributed by atoms with E-state index in [-0.39, 0.29) is 0 Å². The Hall–Kier alpha value is -1.48. The largest absolute Gasteiger partial charge is 0.379 e. The molecule has 0 radical (unpaired) electrons. The Kier molecular flexibility index (Phi) is 7.64. The number of morpholine rings is 1. The third kappa shape index (κ3) is 6.56. The molecule has 4 N–H and O–H groups in total. The number of benzene rings is 1. The summed E-state index contributed by atoms with van der Waals surface area (Å²) in [7, 11) is 0. The van der Waals surface area contributed by atoms with Gasteiger partial charge >= 0.3 is 0 Å². The lowest BCUT2D eigenvalue weighted by Gasteiger charge is -2.26. The molecule has 8 heteroatoms. The van der Waals surface area contributed by atoms with E-state index in [9.17, 15) is 0 Å². The summed E-state index contributed by atoms with van der Waals surface area (Å²) in [5, 5.41) is 7.31. The Labute approximate surface area is 154 Å². The van der Waals surface area contributed by atoms with Gasteiger partial charge in [-0.1, -0.05) is 12.1 Å². The Morgan fingerprint density at radius 3 is 2.58 bits per heavy atom. The van der Waals surface area contributed by atoms with Crippen LogP contribution < -0.4 is 21.5 Å². The van der Waals surface area contributed by atoms with Crippen LogP contribution in [0.3, 0.4) is 0 Å². The Bertz CT molecular complexity index is 576. The number of hydrogen-bond donors (Lipinski definition) is 4. The molecule has 0 aliphatic carbocycles. The molecule has 24 heavy (non-hydrogen) atoms. The highest BCUT2D eigenvalue weighted by molar-refractivity contribution is 7.80. The number of rotatable bonds is 4. The fourth-order valence-corrected chi connectivity index (χ4v) is 2.65. The first-order valence-electron chi connectivity index (χ1n) is 8.03. The molecule has 1 aromatic rings. The van der Waals surface area contributed by atoms with Crippen molar-refractivity contribution in [3.8, 4) is 0 Å². The fourth-order valence-electron chi connectivity index (χ4n) is 2.33. The molecular weight excluding hydrogens is 342 g/mol. The highest BCUT2D eigenvalue weighted by Crippen LogP contribution is 2.15. The van der Waals surface area contributed by atoms with Gasteiger partial charge in [0.15, 0.2) is 10.2 Å². The summed E-state index contributed by atoms with van der Waals surface area (Å²) in [5.74, 6) is 0. The van der Waals surface area contributed by atoms with Crippen LogP contribution in [-0.4, -0.2) is 54.5 Å². The second-order valence-electron chi connectivity index (χ2n) is 5.73. The van der Waals surface area contributed by atoms with Crippen molar-refractivity contribution < 1.29 is 4.74 Å². The van der Waals surface area contributed by atoms with E-state index in [0.717, 1.165) is 50.6 Å². The Morgan fingerprint density at radius 2 is 1.83 bits per heavy atom. The number of hydrogen-bond acceptors (Lipinski definition) is 4. The molecule has 1 aliphatic rings. The van der Waals surface area contributed by atoms with Gasteiger partial charge in [-0.05, 0) is 55.5 Å². The monoisotopic (exact) mass is 367 g/mol. The molecule has 0 spiro atoms. The number of anilines is 1. The zero-order chi connectivity index (χ0) is 17.4. The van der Waals surface area contributed by atoms with Crippen LogP contribution in [0.4, 0.5) is 5.69 Å². The summed E-state index contributed by atoms with van der Waals surface area (Å²) in [6.45, 7) is 9.38. The minimum Gasteiger partial charge on any atom is -0.379 e. The van der Waals surface area contributed by atoms with Crippen LogP contribution in [-0.2, 0) is 4.74 Å². The average molecular weight is 368 g/mol. The van der Waals surface area contributed by atoms with Crippen LogP contribution in [0.1, 0.15) is 11.1 Å². The summed E-state index contributed by atoms with van der Waals surface area (Å²) in [5.41, 5.74) is 9.10. The molecule has 1 heterocycles. The number of aryl methyl sites for hydroxylation is 2. The molecule has 0 aromatic heterocycles. The van der Waals surface area contributed by atoms with Crippen molar-refractivity contribution in [2.24, 2.45) is 0 Å². The summed E-state index contributed by atoms with van der Waals surface area (Å²) < 4.78 is 5.33. The topological polar surface area (TPSA) is 60.6 Å². The van der Waals surface area contributed by atoms with E-state index in [0.29, 0.717) is 10.2 Å². The van der Waals surface area contributed by atoms with Gasteiger partial charge in [0, 0.05) is 31.9 Å². The third-order valence-corrected chi connectivity index (χ3v) is 4.20. The zero-order valence-electron chi connectivity index (χ0n) is 14.1. The van der Waals surface area contributed by atoms with E-state index >= 15 is 0 Å². The number of nitrogens with zero attached hydrogens (tertiary/aromatic N) is 1. The van der Waals surface area contributed by atoms with Crippen LogP contribution in [0.2, 0.25) is 0 Å². The Morgan fingerprint density at radius 1 is 1.12 bits per heavy atom. The van der Waals surface area contributed by atoms with E-state index < -0.39 is 0 Å². The predicted molar refractivity (Wildman–Crippen MR) is 106 cm³/mol. The van der Waals surface area contributed by atoms with Gasteiger partial charge in [-0.3, -0.25) is 15.8 Å². The van der Waals surface area contributed by atoms with Crippen molar-refractivity contribution in [3.05, 3.63) is 29.3 Å². The Balaban J connectivity index is 1.63. The molecule has 1 fully saturated rings. The van der Waals surface area contributed by atoms with Gasteiger partial charge < -0.3 is 15.4 Å². The van der Waals surface area contributed by atoms with Gasteiger partial charge in [-0.15, -0.1) is 0 Å². The average Bonchev–Trinajstić information content (AvgIpc) is 2.57. The number of ether oxygens (including phenoxy) is 1. The molecule has 132 valence electrons. The third-order valence-electron chi connectivity index (χ3n) is 3.75. The van der Waals surface area contributed by atoms with Gasteiger partial charge in [0.1, 0.15) is 0 Å². The quantitative estimate of drug-likeness (QED) is 0.469. The first-order valence-corrected chi connectivity index (χ1v) is 8.84. The van der Waals surface area contributed by atoms with Crippen molar-refractivity contribution in [3.63, 3.8) is 0 Å². The lowest BCUT2D eigenvalue weighted by atomic mass is 10.1. The predicted octanol–water partition coefficient (Wildman–Crippen LogP) is 1.30. The van der Waals surface area contributed by atoms with Crippen LogP contribution in [0.25, 0.3) is 0 Å². The lowest BCUT2D eigenvalue weighted by molar-refractivity contribution is 0.0389.